The number of furan rings is 1. The van der Waals surface area contributed by atoms with Crippen LogP contribution in [0.25, 0.3) is 0 Å². The molecule has 0 aliphatic rings. The summed E-state index contributed by atoms with van der Waals surface area (Å²) >= 11 is 0. The minimum atomic E-state index is -0.159. The lowest BCUT2D eigenvalue weighted by molar-refractivity contribution is 0.411. The summed E-state index contributed by atoms with van der Waals surface area (Å²) in [6, 6.07) is 5.89. The number of nitrogens with two attached hydrogens (primary N) is 1. The highest BCUT2D eigenvalue weighted by molar-refractivity contribution is 5.45. The number of rotatable bonds is 3. The zero-order valence-corrected chi connectivity index (χ0v) is 11.3. The van der Waals surface area contributed by atoms with E-state index in [2.05, 4.69) is 6.07 Å². The van der Waals surface area contributed by atoms with Gasteiger partial charge in [0.05, 0.1) is 19.4 Å². The van der Waals surface area contributed by atoms with Crippen molar-refractivity contribution in [2.45, 2.75) is 26.8 Å². The third kappa shape index (κ3) is 2.14. The predicted octanol–water partition coefficient (Wildman–Crippen LogP) is 3.26. The van der Waals surface area contributed by atoms with E-state index in [1.165, 1.54) is 0 Å². The van der Waals surface area contributed by atoms with E-state index in [9.17, 15) is 0 Å². The SMILES string of the molecule is COc1cc(C)c(C(N)c2ccoc2C)cc1C. The molecule has 0 saturated heterocycles. The first kappa shape index (κ1) is 12.7. The fraction of sp³-hybridized carbons (Fsp3) is 0.333. The lowest BCUT2D eigenvalue weighted by Gasteiger charge is -2.17. The van der Waals surface area contributed by atoms with E-state index in [0.717, 1.165) is 33.8 Å². The highest BCUT2D eigenvalue weighted by Gasteiger charge is 2.17. The molecule has 1 atom stereocenters. The van der Waals surface area contributed by atoms with Gasteiger partial charge in [0, 0.05) is 5.56 Å². The van der Waals surface area contributed by atoms with Gasteiger partial charge in [0.15, 0.2) is 0 Å². The summed E-state index contributed by atoms with van der Waals surface area (Å²) in [6.45, 7) is 6.00. The Morgan fingerprint density at radius 3 is 2.39 bits per heavy atom. The highest BCUT2D eigenvalue weighted by atomic mass is 16.5. The van der Waals surface area contributed by atoms with Crippen molar-refractivity contribution in [1.82, 2.24) is 0 Å². The van der Waals surface area contributed by atoms with Crippen molar-refractivity contribution in [3.63, 3.8) is 0 Å². The molecule has 0 saturated carbocycles. The summed E-state index contributed by atoms with van der Waals surface area (Å²) in [6.07, 6.45) is 1.68. The molecule has 0 aliphatic heterocycles. The second-order valence-electron chi connectivity index (χ2n) is 4.59. The molecule has 0 aliphatic carbocycles. The monoisotopic (exact) mass is 245 g/mol. The molecule has 1 aromatic heterocycles. The smallest absolute Gasteiger partial charge is 0.122 e. The van der Waals surface area contributed by atoms with Gasteiger partial charge in [0.25, 0.3) is 0 Å². The molecule has 0 radical (unpaired) electrons. The van der Waals surface area contributed by atoms with Gasteiger partial charge in [-0.15, -0.1) is 0 Å². The number of hydrogen-bond acceptors (Lipinski definition) is 3. The Labute approximate surface area is 108 Å². The number of aryl methyl sites for hydroxylation is 3. The Balaban J connectivity index is 2.46. The van der Waals surface area contributed by atoms with Gasteiger partial charge in [0.1, 0.15) is 11.5 Å². The van der Waals surface area contributed by atoms with Crippen molar-refractivity contribution in [3.05, 3.63) is 52.5 Å². The molecule has 0 bridgehead atoms. The van der Waals surface area contributed by atoms with Crippen LogP contribution < -0.4 is 10.5 Å². The maximum absolute atomic E-state index is 6.32. The van der Waals surface area contributed by atoms with E-state index in [1.54, 1.807) is 13.4 Å². The summed E-state index contributed by atoms with van der Waals surface area (Å²) in [5, 5.41) is 0. The van der Waals surface area contributed by atoms with E-state index in [0.29, 0.717) is 0 Å². The first-order valence-corrected chi connectivity index (χ1v) is 5.99. The zero-order chi connectivity index (χ0) is 13.3. The van der Waals surface area contributed by atoms with Crippen LogP contribution in [0.15, 0.2) is 28.9 Å². The fourth-order valence-corrected chi connectivity index (χ4v) is 2.25. The van der Waals surface area contributed by atoms with Crippen LogP contribution in [0.2, 0.25) is 0 Å². The van der Waals surface area contributed by atoms with Crippen molar-refractivity contribution in [2.75, 3.05) is 7.11 Å². The van der Waals surface area contributed by atoms with Gasteiger partial charge >= 0.3 is 0 Å². The van der Waals surface area contributed by atoms with Crippen molar-refractivity contribution >= 4 is 0 Å². The van der Waals surface area contributed by atoms with Crippen LogP contribution in [-0.4, -0.2) is 7.11 Å². The minimum absolute atomic E-state index is 0.159. The molecule has 2 rings (SSSR count). The predicted molar refractivity (Wildman–Crippen MR) is 71.9 cm³/mol. The Kier molecular flexibility index (Phi) is 3.43. The van der Waals surface area contributed by atoms with E-state index in [1.807, 2.05) is 32.9 Å². The van der Waals surface area contributed by atoms with Gasteiger partial charge < -0.3 is 14.9 Å². The normalized spacial score (nSPS) is 12.5. The lowest BCUT2D eigenvalue weighted by atomic mass is 9.94. The van der Waals surface area contributed by atoms with Crippen molar-refractivity contribution in [3.8, 4) is 5.75 Å². The second kappa shape index (κ2) is 4.86. The van der Waals surface area contributed by atoms with E-state index < -0.39 is 0 Å². The van der Waals surface area contributed by atoms with Crippen molar-refractivity contribution in [2.24, 2.45) is 5.73 Å². The van der Waals surface area contributed by atoms with Crippen LogP contribution in [0.3, 0.4) is 0 Å². The summed E-state index contributed by atoms with van der Waals surface area (Å²) in [5.74, 6) is 1.77. The molecule has 18 heavy (non-hydrogen) atoms. The average molecular weight is 245 g/mol. The Morgan fingerprint density at radius 1 is 1.11 bits per heavy atom. The first-order chi connectivity index (χ1) is 8.54. The maximum Gasteiger partial charge on any atom is 0.122 e. The number of hydrogen-bond donors (Lipinski definition) is 1. The topological polar surface area (TPSA) is 48.4 Å². The summed E-state index contributed by atoms with van der Waals surface area (Å²) < 4.78 is 10.6. The van der Waals surface area contributed by atoms with Gasteiger partial charge in [-0.2, -0.15) is 0 Å². The van der Waals surface area contributed by atoms with Crippen LogP contribution in [0, 0.1) is 20.8 Å². The number of ether oxygens (including phenoxy) is 1. The van der Waals surface area contributed by atoms with E-state index in [4.69, 9.17) is 14.9 Å². The van der Waals surface area contributed by atoms with Gasteiger partial charge in [-0.25, -0.2) is 0 Å². The molecule has 96 valence electrons. The summed E-state index contributed by atoms with van der Waals surface area (Å²) in [5.41, 5.74) is 10.7. The van der Waals surface area contributed by atoms with Crippen LogP contribution >= 0.6 is 0 Å². The third-order valence-electron chi connectivity index (χ3n) is 3.35. The van der Waals surface area contributed by atoms with E-state index >= 15 is 0 Å². The number of benzene rings is 1. The van der Waals surface area contributed by atoms with Gasteiger partial charge in [-0.3, -0.25) is 0 Å². The van der Waals surface area contributed by atoms with Crippen molar-refractivity contribution < 1.29 is 9.15 Å². The zero-order valence-electron chi connectivity index (χ0n) is 11.3. The van der Waals surface area contributed by atoms with E-state index in [-0.39, 0.29) is 6.04 Å². The lowest BCUT2D eigenvalue weighted by Crippen LogP contribution is -2.14. The summed E-state index contributed by atoms with van der Waals surface area (Å²) in [4.78, 5) is 0. The van der Waals surface area contributed by atoms with Gasteiger partial charge in [-0.1, -0.05) is 6.07 Å². The van der Waals surface area contributed by atoms with Gasteiger partial charge in [-0.05, 0) is 49.6 Å². The number of methoxy groups -OCH3 is 1. The molecule has 3 heteroatoms. The van der Waals surface area contributed by atoms with Crippen molar-refractivity contribution in [1.29, 1.82) is 0 Å². The molecule has 2 N–H and O–H groups in total. The molecule has 0 amide bonds. The second-order valence-corrected chi connectivity index (χ2v) is 4.59. The first-order valence-electron chi connectivity index (χ1n) is 5.99. The molecule has 2 aromatic rings. The largest absolute Gasteiger partial charge is 0.496 e. The summed E-state index contributed by atoms with van der Waals surface area (Å²) in [7, 11) is 1.68. The minimum Gasteiger partial charge on any atom is -0.496 e. The standard InChI is InChI=1S/C15H19NO2/c1-9-8-14(17-4)10(2)7-13(9)15(16)12-5-6-18-11(12)3/h5-8,15H,16H2,1-4H3. The molecular weight excluding hydrogens is 226 g/mol. The molecule has 1 unspecified atom stereocenters. The van der Waals surface area contributed by atoms with Gasteiger partial charge in [0.2, 0.25) is 0 Å². The molecular formula is C15H19NO2. The Morgan fingerprint density at radius 2 is 1.83 bits per heavy atom. The molecule has 0 fully saturated rings. The molecule has 0 spiro atoms. The molecule has 3 nitrogen and oxygen atoms in total. The molecule has 1 aromatic carbocycles. The fourth-order valence-electron chi connectivity index (χ4n) is 2.25. The van der Waals surface area contributed by atoms with Crippen LogP contribution in [0.5, 0.6) is 5.75 Å². The van der Waals surface area contributed by atoms with Crippen LogP contribution in [0.4, 0.5) is 0 Å². The highest BCUT2D eigenvalue weighted by Crippen LogP contribution is 2.30. The van der Waals surface area contributed by atoms with Crippen LogP contribution in [-0.2, 0) is 0 Å². The van der Waals surface area contributed by atoms with Crippen LogP contribution in [0.1, 0.15) is 34.1 Å². The maximum atomic E-state index is 6.32. The Hall–Kier alpha value is -1.74. The average Bonchev–Trinajstić information content (AvgIpc) is 2.77. The third-order valence-corrected chi connectivity index (χ3v) is 3.35. The molecule has 1 heterocycles. The quantitative estimate of drug-likeness (QED) is 0.902. The Bertz CT molecular complexity index is 558.